The molecule has 0 unspecified atom stereocenters. The lowest BCUT2D eigenvalue weighted by Gasteiger charge is -2.22. The summed E-state index contributed by atoms with van der Waals surface area (Å²) in [5, 5.41) is 6.76. The summed E-state index contributed by atoms with van der Waals surface area (Å²) in [6.07, 6.45) is 1.19. The number of benzene rings is 1. The second kappa shape index (κ2) is 4.57. The molecule has 7 heteroatoms. The first-order valence-electron chi connectivity index (χ1n) is 5.68. The Balaban J connectivity index is 2.73. The van der Waals surface area contributed by atoms with Crippen molar-refractivity contribution in [3.8, 4) is 5.69 Å². The third-order valence-corrected chi connectivity index (χ3v) is 5.46. The minimum atomic E-state index is -3.32. The van der Waals surface area contributed by atoms with Crippen molar-refractivity contribution in [1.29, 1.82) is 0 Å². The number of para-hydroxylation sites is 1. The second-order valence-corrected chi connectivity index (χ2v) is 7.76. The van der Waals surface area contributed by atoms with Crippen molar-refractivity contribution < 1.29 is 8.42 Å². The highest BCUT2D eigenvalue weighted by atomic mass is 32.2. The third kappa shape index (κ3) is 2.35. The van der Waals surface area contributed by atoms with E-state index in [4.69, 9.17) is 12.2 Å². The Morgan fingerprint density at radius 2 is 1.84 bits per heavy atom. The first-order chi connectivity index (χ1) is 8.75. The third-order valence-electron chi connectivity index (χ3n) is 3.15. The molecule has 0 radical (unpaired) electrons. The van der Waals surface area contributed by atoms with Crippen LogP contribution >= 0.6 is 12.2 Å². The molecule has 0 bridgehead atoms. The average Bonchev–Trinajstić information content (AvgIpc) is 2.71. The predicted molar refractivity (Wildman–Crippen MR) is 76.6 cm³/mol. The van der Waals surface area contributed by atoms with Gasteiger partial charge in [-0.25, -0.2) is 8.42 Å². The van der Waals surface area contributed by atoms with Gasteiger partial charge in [0.15, 0.2) is 20.4 Å². The zero-order valence-electron chi connectivity index (χ0n) is 10.9. The van der Waals surface area contributed by atoms with Gasteiger partial charge in [0.1, 0.15) is 4.75 Å². The minimum absolute atomic E-state index is 0.373. The lowest BCUT2D eigenvalue weighted by atomic mass is 10.2. The molecule has 5 nitrogen and oxygen atoms in total. The number of nitrogens with one attached hydrogen (secondary N) is 1. The smallest absolute Gasteiger partial charge is 0.199 e. The molecule has 1 heterocycles. The van der Waals surface area contributed by atoms with Crippen molar-refractivity contribution >= 4 is 22.1 Å². The van der Waals surface area contributed by atoms with E-state index in [-0.39, 0.29) is 0 Å². The number of hydrogen-bond acceptors (Lipinski definition) is 4. The monoisotopic (exact) mass is 297 g/mol. The molecule has 1 N–H and O–H groups in total. The first kappa shape index (κ1) is 14.0. The van der Waals surface area contributed by atoms with Gasteiger partial charge in [-0.3, -0.25) is 9.67 Å². The molecule has 0 spiro atoms. The fraction of sp³-hybridized carbons (Fsp3) is 0.333. The van der Waals surface area contributed by atoms with Gasteiger partial charge in [-0.2, -0.15) is 5.10 Å². The van der Waals surface area contributed by atoms with Gasteiger partial charge >= 0.3 is 0 Å². The summed E-state index contributed by atoms with van der Waals surface area (Å²) in [6.45, 7) is 3.24. The number of rotatable bonds is 3. The van der Waals surface area contributed by atoms with Crippen molar-refractivity contribution in [2.45, 2.75) is 18.6 Å². The Labute approximate surface area is 117 Å². The van der Waals surface area contributed by atoms with Crippen LogP contribution in [-0.2, 0) is 14.6 Å². The van der Waals surface area contributed by atoms with E-state index >= 15 is 0 Å². The molecule has 2 rings (SSSR count). The highest BCUT2D eigenvalue weighted by Crippen LogP contribution is 2.29. The van der Waals surface area contributed by atoms with Crippen molar-refractivity contribution in [3.63, 3.8) is 0 Å². The molecular weight excluding hydrogens is 282 g/mol. The summed E-state index contributed by atoms with van der Waals surface area (Å²) in [5.41, 5.74) is 0.785. The van der Waals surface area contributed by atoms with Gasteiger partial charge in [0.2, 0.25) is 0 Å². The van der Waals surface area contributed by atoms with E-state index in [1.54, 1.807) is 18.4 Å². The average molecular weight is 297 g/mol. The van der Waals surface area contributed by atoms with Gasteiger partial charge in [-0.15, -0.1) is 0 Å². The molecule has 0 fully saturated rings. The van der Waals surface area contributed by atoms with Gasteiger partial charge < -0.3 is 0 Å². The molecule has 0 saturated carbocycles. The van der Waals surface area contributed by atoms with E-state index in [0.29, 0.717) is 10.6 Å². The van der Waals surface area contributed by atoms with Crippen molar-refractivity contribution in [2.75, 3.05) is 6.26 Å². The van der Waals surface area contributed by atoms with Crippen LogP contribution in [0, 0.1) is 4.77 Å². The number of sulfone groups is 1. The Kier molecular flexibility index (Phi) is 3.36. The molecule has 1 aromatic heterocycles. The molecule has 2 aromatic rings. The van der Waals surface area contributed by atoms with E-state index in [0.717, 1.165) is 5.69 Å². The second-order valence-electron chi connectivity index (χ2n) is 4.81. The van der Waals surface area contributed by atoms with Crippen molar-refractivity contribution in [1.82, 2.24) is 14.8 Å². The highest BCUT2D eigenvalue weighted by molar-refractivity contribution is 7.91. The van der Waals surface area contributed by atoms with Gasteiger partial charge in [0.05, 0.1) is 0 Å². The Hall–Kier alpha value is -1.47. The summed E-state index contributed by atoms with van der Waals surface area (Å²) >= 11 is 5.20. The van der Waals surface area contributed by atoms with Crippen LogP contribution in [0.5, 0.6) is 0 Å². The minimum Gasteiger partial charge on any atom is -0.271 e. The van der Waals surface area contributed by atoms with Crippen LogP contribution in [-0.4, -0.2) is 29.4 Å². The molecule has 0 aliphatic heterocycles. The van der Waals surface area contributed by atoms with Crippen LogP contribution in [0.4, 0.5) is 0 Å². The van der Waals surface area contributed by atoms with Crippen LogP contribution < -0.4 is 0 Å². The molecule has 0 saturated heterocycles. The van der Waals surface area contributed by atoms with Gasteiger partial charge in [0, 0.05) is 11.9 Å². The largest absolute Gasteiger partial charge is 0.271 e. The lowest BCUT2D eigenvalue weighted by molar-refractivity contribution is 0.545. The normalized spacial score (nSPS) is 12.6. The molecule has 102 valence electrons. The molecule has 0 aliphatic carbocycles. The molecule has 1 aromatic carbocycles. The SMILES string of the molecule is CC(C)(c1n[nH]c(=S)n1-c1ccccc1)S(C)(=O)=O. The van der Waals surface area contributed by atoms with Gasteiger partial charge in [-0.05, 0) is 38.2 Å². The molecule has 19 heavy (non-hydrogen) atoms. The Bertz CT molecular complexity index is 743. The van der Waals surface area contributed by atoms with Gasteiger partial charge in [0.25, 0.3) is 0 Å². The number of aromatic amines is 1. The molecule has 0 atom stereocenters. The van der Waals surface area contributed by atoms with E-state index in [9.17, 15) is 8.42 Å². The van der Waals surface area contributed by atoms with Crippen LogP contribution in [0.25, 0.3) is 5.69 Å². The van der Waals surface area contributed by atoms with E-state index in [1.165, 1.54) is 6.26 Å². The quantitative estimate of drug-likeness (QED) is 0.882. The van der Waals surface area contributed by atoms with Crippen LogP contribution in [0.3, 0.4) is 0 Å². The number of hydrogen-bond donors (Lipinski definition) is 1. The van der Waals surface area contributed by atoms with Crippen molar-refractivity contribution in [3.05, 3.63) is 40.9 Å². The summed E-state index contributed by atoms with van der Waals surface area (Å²) in [4.78, 5) is 0. The van der Waals surface area contributed by atoms with E-state index in [1.807, 2.05) is 30.3 Å². The molecular formula is C12H15N3O2S2. The zero-order valence-corrected chi connectivity index (χ0v) is 12.5. The summed E-state index contributed by atoms with van der Waals surface area (Å²) < 4.78 is 24.8. The predicted octanol–water partition coefficient (Wildman–Crippen LogP) is 2.21. The standard InChI is InChI=1S/C12H15N3O2S2/c1-12(2,19(3,16)17)10-13-14-11(18)15(10)9-7-5-4-6-8-9/h4-8H,1-3H3,(H,14,18). The first-order valence-corrected chi connectivity index (χ1v) is 7.98. The molecule has 0 aliphatic rings. The highest BCUT2D eigenvalue weighted by Gasteiger charge is 2.37. The van der Waals surface area contributed by atoms with Gasteiger partial charge in [-0.1, -0.05) is 18.2 Å². The van der Waals surface area contributed by atoms with Crippen molar-refractivity contribution in [2.24, 2.45) is 0 Å². The number of nitrogens with zero attached hydrogens (tertiary/aromatic N) is 2. The van der Waals surface area contributed by atoms with Crippen LogP contribution in [0.15, 0.2) is 30.3 Å². The van der Waals surface area contributed by atoms with E-state index in [2.05, 4.69) is 10.2 Å². The maximum absolute atomic E-state index is 11.9. The summed E-state index contributed by atoms with van der Waals surface area (Å²) in [5.74, 6) is 0.381. The lowest BCUT2D eigenvalue weighted by Crippen LogP contribution is -2.31. The zero-order chi connectivity index (χ0) is 14.3. The number of aromatic nitrogens is 3. The molecule has 0 amide bonds. The maximum Gasteiger partial charge on any atom is 0.199 e. The van der Waals surface area contributed by atoms with Crippen LogP contribution in [0.2, 0.25) is 0 Å². The van der Waals surface area contributed by atoms with Crippen LogP contribution in [0.1, 0.15) is 19.7 Å². The fourth-order valence-electron chi connectivity index (χ4n) is 1.68. The topological polar surface area (TPSA) is 67.8 Å². The summed E-state index contributed by atoms with van der Waals surface area (Å²) in [7, 11) is -3.32. The Morgan fingerprint density at radius 1 is 1.26 bits per heavy atom. The Morgan fingerprint density at radius 3 is 2.37 bits per heavy atom. The maximum atomic E-state index is 11.9. The fourth-order valence-corrected chi connectivity index (χ4v) is 2.39. The summed E-state index contributed by atoms with van der Waals surface area (Å²) in [6, 6.07) is 9.32. The van der Waals surface area contributed by atoms with E-state index < -0.39 is 14.6 Å². The number of H-pyrrole nitrogens is 1.